The van der Waals surface area contributed by atoms with E-state index in [1.54, 1.807) is 11.1 Å². The minimum atomic E-state index is -0.310. The van der Waals surface area contributed by atoms with E-state index in [0.29, 0.717) is 30.5 Å². The highest BCUT2D eigenvalue weighted by Crippen LogP contribution is 2.26. The van der Waals surface area contributed by atoms with Gasteiger partial charge in [-0.15, -0.1) is 0 Å². The zero-order chi connectivity index (χ0) is 20.9. The summed E-state index contributed by atoms with van der Waals surface area (Å²) >= 11 is 0. The molecule has 0 aliphatic carbocycles. The van der Waals surface area contributed by atoms with Crippen LogP contribution in [0.5, 0.6) is 0 Å². The molecule has 8 nitrogen and oxygen atoms in total. The molecule has 2 aliphatic heterocycles. The Kier molecular flexibility index (Phi) is 5.89. The number of para-hydroxylation sites is 1. The number of carbonyl (C=O) groups excluding carboxylic acids is 2. The maximum atomic E-state index is 12.6. The van der Waals surface area contributed by atoms with E-state index in [0.717, 1.165) is 31.6 Å². The van der Waals surface area contributed by atoms with Crippen LogP contribution in [0.2, 0.25) is 0 Å². The fraction of sp³-hybridized carbons (Fsp3) is 0.409. The third-order valence-corrected chi connectivity index (χ3v) is 5.83. The predicted molar refractivity (Wildman–Crippen MR) is 112 cm³/mol. The van der Waals surface area contributed by atoms with E-state index in [-0.39, 0.29) is 24.2 Å². The summed E-state index contributed by atoms with van der Waals surface area (Å²) in [6, 6.07) is 11.6. The Bertz CT molecular complexity index is 950. The minimum absolute atomic E-state index is 0.00748. The third kappa shape index (κ3) is 4.25. The third-order valence-electron chi connectivity index (χ3n) is 5.83. The lowest BCUT2D eigenvalue weighted by Gasteiger charge is -2.33. The largest absolute Gasteiger partial charge is 0.356 e. The summed E-state index contributed by atoms with van der Waals surface area (Å²) in [5.41, 5.74) is 1.18. The molecule has 2 aliphatic rings. The van der Waals surface area contributed by atoms with Gasteiger partial charge < -0.3 is 15.1 Å². The molecule has 4 rings (SSSR count). The number of rotatable bonds is 5. The summed E-state index contributed by atoms with van der Waals surface area (Å²) in [5, 5.41) is 12.3. The molecule has 1 N–H and O–H groups in total. The van der Waals surface area contributed by atoms with Gasteiger partial charge in [0.15, 0.2) is 11.5 Å². The molecule has 0 radical (unpaired) electrons. The molecule has 1 aromatic carbocycles. The summed E-state index contributed by atoms with van der Waals surface area (Å²) in [7, 11) is 0. The summed E-state index contributed by atoms with van der Waals surface area (Å²) in [5.74, 6) is 0.634. The van der Waals surface area contributed by atoms with Crippen LogP contribution in [0.25, 0.3) is 0 Å². The molecule has 1 atom stereocenters. The van der Waals surface area contributed by atoms with Crippen LogP contribution in [-0.2, 0) is 9.59 Å². The number of benzene rings is 1. The van der Waals surface area contributed by atoms with Gasteiger partial charge in [0.25, 0.3) is 0 Å². The highest BCUT2D eigenvalue weighted by atomic mass is 16.2. The van der Waals surface area contributed by atoms with Crippen molar-refractivity contribution < 1.29 is 9.59 Å². The predicted octanol–water partition coefficient (Wildman–Crippen LogP) is 1.73. The first-order valence-corrected chi connectivity index (χ1v) is 10.2. The Morgan fingerprint density at radius 2 is 1.90 bits per heavy atom. The summed E-state index contributed by atoms with van der Waals surface area (Å²) in [4.78, 5) is 37.1. The van der Waals surface area contributed by atoms with Crippen molar-refractivity contribution >= 4 is 23.3 Å². The topological polar surface area (TPSA) is 102 Å². The van der Waals surface area contributed by atoms with Gasteiger partial charge in [0.05, 0.1) is 5.92 Å². The number of nitrogens with zero attached hydrogens (tertiary/aromatic N) is 5. The van der Waals surface area contributed by atoms with Gasteiger partial charge in [0.1, 0.15) is 6.07 Å². The molecule has 3 heterocycles. The van der Waals surface area contributed by atoms with Crippen LogP contribution >= 0.6 is 0 Å². The van der Waals surface area contributed by atoms with Crippen LogP contribution in [0.3, 0.4) is 0 Å². The number of hydrogen-bond donors (Lipinski definition) is 1. The molecule has 2 aromatic rings. The number of carbonyl (C=O) groups is 2. The molecule has 0 unspecified atom stereocenters. The Morgan fingerprint density at radius 3 is 2.63 bits per heavy atom. The number of nitrogens with one attached hydrogen (secondary N) is 1. The van der Waals surface area contributed by atoms with E-state index >= 15 is 0 Å². The number of nitriles is 1. The molecule has 8 heteroatoms. The van der Waals surface area contributed by atoms with Crippen molar-refractivity contribution in [2.45, 2.75) is 19.3 Å². The standard InChI is InChI=1S/C22H24N6O2/c23-13-19-21(25-9-8-24-19)27-10-6-16(7-11-27)14-26-22(30)17-12-20(29)28(15-17)18-4-2-1-3-5-18/h1-5,8-9,16-17H,6-7,10-12,14-15H2,(H,26,30)/t17-/m0/s1. The smallest absolute Gasteiger partial charge is 0.227 e. The lowest BCUT2D eigenvalue weighted by Crippen LogP contribution is -2.41. The molecule has 2 saturated heterocycles. The molecular weight excluding hydrogens is 380 g/mol. The zero-order valence-corrected chi connectivity index (χ0v) is 16.7. The van der Waals surface area contributed by atoms with Crippen LogP contribution in [-0.4, -0.2) is 48.0 Å². The van der Waals surface area contributed by atoms with Gasteiger partial charge >= 0.3 is 0 Å². The second kappa shape index (κ2) is 8.91. The van der Waals surface area contributed by atoms with Crippen molar-refractivity contribution in [1.29, 1.82) is 5.26 Å². The average molecular weight is 404 g/mol. The highest BCUT2D eigenvalue weighted by Gasteiger charge is 2.35. The fourth-order valence-electron chi connectivity index (χ4n) is 4.12. The van der Waals surface area contributed by atoms with Crippen molar-refractivity contribution in [2.75, 3.05) is 36.0 Å². The van der Waals surface area contributed by atoms with Gasteiger partial charge in [0, 0.05) is 50.7 Å². The Morgan fingerprint density at radius 1 is 1.17 bits per heavy atom. The van der Waals surface area contributed by atoms with Crippen LogP contribution < -0.4 is 15.1 Å². The first-order chi connectivity index (χ1) is 14.7. The van der Waals surface area contributed by atoms with Crippen molar-refractivity contribution in [1.82, 2.24) is 15.3 Å². The first kappa shape index (κ1) is 19.8. The van der Waals surface area contributed by atoms with Crippen LogP contribution in [0, 0.1) is 23.2 Å². The molecule has 154 valence electrons. The molecule has 1 aromatic heterocycles. The van der Waals surface area contributed by atoms with Crippen molar-refractivity contribution in [3.8, 4) is 6.07 Å². The van der Waals surface area contributed by atoms with Gasteiger partial charge in [-0.2, -0.15) is 5.26 Å². The van der Waals surface area contributed by atoms with Gasteiger partial charge in [-0.25, -0.2) is 9.97 Å². The lowest BCUT2D eigenvalue weighted by atomic mass is 9.96. The summed E-state index contributed by atoms with van der Waals surface area (Å²) in [6.07, 6.45) is 5.19. The van der Waals surface area contributed by atoms with E-state index in [4.69, 9.17) is 0 Å². The molecule has 2 fully saturated rings. The number of anilines is 2. The van der Waals surface area contributed by atoms with Crippen LogP contribution in [0.1, 0.15) is 25.0 Å². The van der Waals surface area contributed by atoms with E-state index in [2.05, 4.69) is 26.3 Å². The monoisotopic (exact) mass is 404 g/mol. The molecular formula is C22H24N6O2. The maximum Gasteiger partial charge on any atom is 0.227 e. The number of piperidine rings is 1. The van der Waals surface area contributed by atoms with Crippen LogP contribution in [0.4, 0.5) is 11.5 Å². The van der Waals surface area contributed by atoms with E-state index in [1.807, 2.05) is 30.3 Å². The molecule has 0 bridgehead atoms. The molecule has 2 amide bonds. The lowest BCUT2D eigenvalue weighted by molar-refractivity contribution is -0.126. The number of amides is 2. The van der Waals surface area contributed by atoms with Crippen molar-refractivity contribution in [3.63, 3.8) is 0 Å². The summed E-state index contributed by atoms with van der Waals surface area (Å²) in [6.45, 7) is 2.58. The molecule has 0 saturated carbocycles. The Balaban J connectivity index is 1.26. The van der Waals surface area contributed by atoms with Gasteiger partial charge in [0.2, 0.25) is 11.8 Å². The minimum Gasteiger partial charge on any atom is -0.356 e. The van der Waals surface area contributed by atoms with E-state index in [1.165, 1.54) is 6.20 Å². The number of aromatic nitrogens is 2. The zero-order valence-electron chi connectivity index (χ0n) is 16.7. The van der Waals surface area contributed by atoms with Gasteiger partial charge in [-0.1, -0.05) is 18.2 Å². The molecule has 0 spiro atoms. The Hall–Kier alpha value is -3.47. The fourth-order valence-corrected chi connectivity index (χ4v) is 4.12. The highest BCUT2D eigenvalue weighted by molar-refractivity contribution is 6.00. The van der Waals surface area contributed by atoms with Crippen molar-refractivity contribution in [3.05, 3.63) is 48.4 Å². The Labute approximate surface area is 175 Å². The molecule has 30 heavy (non-hydrogen) atoms. The second-order valence-corrected chi connectivity index (χ2v) is 7.76. The maximum absolute atomic E-state index is 12.6. The summed E-state index contributed by atoms with van der Waals surface area (Å²) < 4.78 is 0. The second-order valence-electron chi connectivity index (χ2n) is 7.76. The number of hydrogen-bond acceptors (Lipinski definition) is 6. The van der Waals surface area contributed by atoms with E-state index < -0.39 is 0 Å². The van der Waals surface area contributed by atoms with Gasteiger partial charge in [-0.05, 0) is 30.9 Å². The van der Waals surface area contributed by atoms with Crippen LogP contribution in [0.15, 0.2) is 42.7 Å². The SMILES string of the molecule is N#Cc1nccnc1N1CCC(CNC(=O)[C@H]2CC(=O)N(c3ccccc3)C2)CC1. The van der Waals surface area contributed by atoms with E-state index in [9.17, 15) is 14.9 Å². The first-order valence-electron chi connectivity index (χ1n) is 10.2. The van der Waals surface area contributed by atoms with Gasteiger partial charge in [-0.3, -0.25) is 9.59 Å². The normalized spacial score (nSPS) is 19.6. The van der Waals surface area contributed by atoms with Crippen molar-refractivity contribution in [2.24, 2.45) is 11.8 Å². The quantitative estimate of drug-likeness (QED) is 0.814. The average Bonchev–Trinajstić information content (AvgIpc) is 3.20.